The van der Waals surface area contributed by atoms with Gasteiger partial charge < -0.3 is 9.84 Å². The molecule has 7 nitrogen and oxygen atoms in total. The average Bonchev–Trinajstić information content (AvgIpc) is 2.76. The number of tetrazole rings is 1. The lowest BCUT2D eigenvalue weighted by molar-refractivity contribution is -0.144. The number of hydrogen-bond acceptors (Lipinski definition) is 5. The van der Waals surface area contributed by atoms with Crippen LogP contribution in [-0.4, -0.2) is 37.4 Å². The molecule has 0 radical (unpaired) electrons. The summed E-state index contributed by atoms with van der Waals surface area (Å²) in [6, 6.07) is 6.91. The zero-order valence-corrected chi connectivity index (χ0v) is 9.94. The lowest BCUT2D eigenvalue weighted by Crippen LogP contribution is -2.22. The summed E-state index contributed by atoms with van der Waals surface area (Å²) in [5.74, 6) is 0.119. The van der Waals surface area contributed by atoms with E-state index in [1.807, 2.05) is 0 Å². The Morgan fingerprint density at radius 2 is 2.06 bits per heavy atom. The number of carbonyl (C=O) groups is 1. The third-order valence-corrected chi connectivity index (χ3v) is 2.39. The molecule has 18 heavy (non-hydrogen) atoms. The van der Waals surface area contributed by atoms with Crippen molar-refractivity contribution in [3.8, 4) is 17.1 Å². The van der Waals surface area contributed by atoms with E-state index in [-0.39, 0.29) is 0 Å². The van der Waals surface area contributed by atoms with Crippen LogP contribution in [0.25, 0.3) is 11.4 Å². The number of carboxylic acids is 1. The first kappa shape index (κ1) is 12.0. The second-order valence-electron chi connectivity index (χ2n) is 3.75. The molecule has 1 atom stereocenters. The van der Waals surface area contributed by atoms with Gasteiger partial charge in [0.1, 0.15) is 5.75 Å². The van der Waals surface area contributed by atoms with Crippen molar-refractivity contribution in [2.24, 2.45) is 7.05 Å². The highest BCUT2D eigenvalue weighted by Crippen LogP contribution is 2.20. The van der Waals surface area contributed by atoms with Crippen LogP contribution in [-0.2, 0) is 11.8 Å². The molecule has 0 amide bonds. The fourth-order valence-electron chi connectivity index (χ4n) is 1.41. The number of benzene rings is 1. The van der Waals surface area contributed by atoms with Gasteiger partial charge in [-0.25, -0.2) is 9.48 Å². The fraction of sp³-hybridized carbons (Fsp3) is 0.273. The van der Waals surface area contributed by atoms with Crippen molar-refractivity contribution in [1.82, 2.24) is 20.2 Å². The van der Waals surface area contributed by atoms with Crippen molar-refractivity contribution in [1.29, 1.82) is 0 Å². The van der Waals surface area contributed by atoms with Crippen LogP contribution < -0.4 is 4.74 Å². The topological polar surface area (TPSA) is 90.1 Å². The summed E-state index contributed by atoms with van der Waals surface area (Å²) in [7, 11) is 1.74. The van der Waals surface area contributed by atoms with Crippen LogP contribution in [0.4, 0.5) is 0 Å². The van der Waals surface area contributed by atoms with E-state index in [9.17, 15) is 4.79 Å². The van der Waals surface area contributed by atoms with E-state index in [1.54, 1.807) is 36.0 Å². The van der Waals surface area contributed by atoms with E-state index in [0.717, 1.165) is 5.56 Å². The number of carboxylic acid groups (broad SMARTS) is 1. The summed E-state index contributed by atoms with van der Waals surface area (Å²) < 4.78 is 6.77. The van der Waals surface area contributed by atoms with Gasteiger partial charge in [-0.2, -0.15) is 0 Å². The van der Waals surface area contributed by atoms with Gasteiger partial charge in [0.05, 0.1) is 0 Å². The first-order valence-corrected chi connectivity index (χ1v) is 5.30. The molecular formula is C11H12N4O3. The number of aromatic nitrogens is 4. The van der Waals surface area contributed by atoms with Gasteiger partial charge in [-0.05, 0) is 41.6 Å². The highest BCUT2D eigenvalue weighted by molar-refractivity contribution is 5.72. The molecule has 0 spiro atoms. The van der Waals surface area contributed by atoms with Crippen LogP contribution in [0, 0.1) is 0 Å². The van der Waals surface area contributed by atoms with Gasteiger partial charge in [-0.1, -0.05) is 0 Å². The summed E-state index contributed by atoms with van der Waals surface area (Å²) >= 11 is 0. The molecular weight excluding hydrogens is 236 g/mol. The number of aliphatic carboxylic acids is 1. The Kier molecular flexibility index (Phi) is 3.22. The molecule has 1 N–H and O–H groups in total. The molecule has 0 aliphatic heterocycles. The molecule has 2 aromatic rings. The Hall–Kier alpha value is -2.44. The Labute approximate surface area is 103 Å². The number of nitrogens with zero attached hydrogens (tertiary/aromatic N) is 4. The number of ether oxygens (including phenoxy) is 1. The minimum absolute atomic E-state index is 0.490. The fourth-order valence-corrected chi connectivity index (χ4v) is 1.41. The molecule has 0 bridgehead atoms. The monoisotopic (exact) mass is 248 g/mol. The van der Waals surface area contributed by atoms with Crippen molar-refractivity contribution in [3.63, 3.8) is 0 Å². The van der Waals surface area contributed by atoms with Gasteiger partial charge in [0.25, 0.3) is 0 Å². The van der Waals surface area contributed by atoms with Crippen LogP contribution in [0.3, 0.4) is 0 Å². The highest BCUT2D eigenvalue weighted by atomic mass is 16.5. The van der Waals surface area contributed by atoms with Gasteiger partial charge in [0, 0.05) is 12.6 Å². The molecule has 1 aromatic heterocycles. The number of rotatable bonds is 4. The zero-order valence-electron chi connectivity index (χ0n) is 9.94. The van der Waals surface area contributed by atoms with Crippen LogP contribution in [0.2, 0.25) is 0 Å². The van der Waals surface area contributed by atoms with E-state index < -0.39 is 12.1 Å². The lowest BCUT2D eigenvalue weighted by Gasteiger charge is -2.10. The normalized spacial score (nSPS) is 12.1. The first-order valence-electron chi connectivity index (χ1n) is 5.30. The van der Waals surface area contributed by atoms with Gasteiger partial charge >= 0.3 is 5.97 Å². The maximum atomic E-state index is 10.6. The number of hydrogen-bond donors (Lipinski definition) is 1. The maximum absolute atomic E-state index is 10.6. The Balaban J connectivity index is 2.16. The predicted molar refractivity (Wildman–Crippen MR) is 62.0 cm³/mol. The minimum Gasteiger partial charge on any atom is -0.479 e. The Morgan fingerprint density at radius 3 is 2.56 bits per heavy atom. The van der Waals surface area contributed by atoms with Gasteiger partial charge in [0.2, 0.25) is 0 Å². The molecule has 1 heterocycles. The molecule has 7 heteroatoms. The molecule has 2 rings (SSSR count). The second kappa shape index (κ2) is 4.82. The third kappa shape index (κ3) is 2.45. The van der Waals surface area contributed by atoms with Crippen molar-refractivity contribution in [2.75, 3.05) is 0 Å². The molecule has 0 unspecified atom stereocenters. The molecule has 0 aliphatic rings. The van der Waals surface area contributed by atoms with Crippen molar-refractivity contribution >= 4 is 5.97 Å². The van der Waals surface area contributed by atoms with Gasteiger partial charge in [0.15, 0.2) is 11.9 Å². The second-order valence-corrected chi connectivity index (χ2v) is 3.75. The summed E-state index contributed by atoms with van der Waals surface area (Å²) in [5, 5.41) is 19.9. The molecule has 1 aromatic carbocycles. The maximum Gasteiger partial charge on any atom is 0.344 e. The van der Waals surface area contributed by atoms with E-state index >= 15 is 0 Å². The van der Waals surface area contributed by atoms with Crippen molar-refractivity contribution < 1.29 is 14.6 Å². The summed E-state index contributed by atoms with van der Waals surface area (Å²) in [5.41, 5.74) is 0.831. The van der Waals surface area contributed by atoms with E-state index in [0.29, 0.717) is 11.6 Å². The largest absolute Gasteiger partial charge is 0.479 e. The molecule has 0 fully saturated rings. The summed E-state index contributed by atoms with van der Waals surface area (Å²) in [6.45, 7) is 1.48. The average molecular weight is 248 g/mol. The van der Waals surface area contributed by atoms with Crippen molar-refractivity contribution in [3.05, 3.63) is 24.3 Å². The van der Waals surface area contributed by atoms with E-state index in [1.165, 1.54) is 6.92 Å². The quantitative estimate of drug-likeness (QED) is 0.857. The molecule has 94 valence electrons. The van der Waals surface area contributed by atoms with Crippen LogP contribution >= 0.6 is 0 Å². The molecule has 0 saturated carbocycles. The molecule has 0 saturated heterocycles. The SMILES string of the molecule is C[C@@H](Oc1ccc(-c2nnnn2C)cc1)C(=O)O. The van der Waals surface area contributed by atoms with Crippen molar-refractivity contribution in [2.45, 2.75) is 13.0 Å². The molecule has 0 aliphatic carbocycles. The zero-order chi connectivity index (χ0) is 13.1. The predicted octanol–water partition coefficient (Wildman–Crippen LogP) is 0.729. The Bertz CT molecular complexity index is 550. The summed E-state index contributed by atoms with van der Waals surface area (Å²) in [4.78, 5) is 10.6. The van der Waals surface area contributed by atoms with Gasteiger partial charge in [-0.3, -0.25) is 0 Å². The van der Waals surface area contributed by atoms with E-state index in [4.69, 9.17) is 9.84 Å². The third-order valence-electron chi connectivity index (χ3n) is 2.39. The smallest absolute Gasteiger partial charge is 0.344 e. The first-order chi connectivity index (χ1) is 8.58. The van der Waals surface area contributed by atoms with E-state index in [2.05, 4.69) is 15.5 Å². The minimum atomic E-state index is -1.00. The van der Waals surface area contributed by atoms with Crippen LogP contribution in [0.1, 0.15) is 6.92 Å². The lowest BCUT2D eigenvalue weighted by atomic mass is 10.2. The number of aryl methyl sites for hydroxylation is 1. The van der Waals surface area contributed by atoms with Gasteiger partial charge in [-0.15, -0.1) is 5.10 Å². The highest BCUT2D eigenvalue weighted by Gasteiger charge is 2.12. The van der Waals surface area contributed by atoms with Crippen LogP contribution in [0.15, 0.2) is 24.3 Å². The summed E-state index contributed by atoms with van der Waals surface area (Å²) in [6.07, 6.45) is -0.882. The Morgan fingerprint density at radius 1 is 1.39 bits per heavy atom. The van der Waals surface area contributed by atoms with Crippen LogP contribution in [0.5, 0.6) is 5.75 Å². The standard InChI is InChI=1S/C11H12N4O3/c1-7(11(16)17)18-9-5-3-8(4-6-9)10-12-13-14-15(10)2/h3-7H,1-2H3,(H,16,17)/t7-/m1/s1.